The summed E-state index contributed by atoms with van der Waals surface area (Å²) in [6.45, 7) is 4.47. The highest BCUT2D eigenvalue weighted by Crippen LogP contribution is 2.36. The quantitative estimate of drug-likeness (QED) is 0.772. The van der Waals surface area contributed by atoms with Crippen LogP contribution in [0.5, 0.6) is 5.75 Å². The molecular formula is C21H30ClN3O3. The van der Waals surface area contributed by atoms with Crippen LogP contribution in [0.15, 0.2) is 12.1 Å². The average Bonchev–Trinajstić information content (AvgIpc) is 2.68. The van der Waals surface area contributed by atoms with Gasteiger partial charge in [0, 0.05) is 25.6 Å². The van der Waals surface area contributed by atoms with Gasteiger partial charge < -0.3 is 15.4 Å². The van der Waals surface area contributed by atoms with Crippen LogP contribution in [0.2, 0.25) is 5.02 Å². The molecule has 28 heavy (non-hydrogen) atoms. The number of hydrogen-bond donors (Lipinski definition) is 2. The number of amides is 2. The SMILES string of the molecule is COc1cc(NC(C)=O)c(Cl)cc1C(=O)NC(C)N1CCC[C@H]2CCCC[C@@H]21. The van der Waals surface area contributed by atoms with Gasteiger partial charge in [-0.25, -0.2) is 0 Å². The summed E-state index contributed by atoms with van der Waals surface area (Å²) in [5.74, 6) is 0.676. The minimum atomic E-state index is -0.234. The van der Waals surface area contributed by atoms with Gasteiger partial charge in [-0.1, -0.05) is 24.4 Å². The molecule has 1 heterocycles. The summed E-state index contributed by atoms with van der Waals surface area (Å²) in [4.78, 5) is 26.7. The monoisotopic (exact) mass is 407 g/mol. The van der Waals surface area contributed by atoms with E-state index in [1.807, 2.05) is 0 Å². The Balaban J connectivity index is 1.74. The number of carbonyl (C=O) groups is 2. The van der Waals surface area contributed by atoms with Gasteiger partial charge in [0.2, 0.25) is 5.91 Å². The molecule has 1 aromatic carbocycles. The molecule has 3 atom stereocenters. The third-order valence-corrected chi connectivity index (χ3v) is 6.28. The Hall–Kier alpha value is -1.79. The Labute approximate surface area is 171 Å². The predicted octanol–water partition coefficient (Wildman–Crippen LogP) is 4.04. The van der Waals surface area contributed by atoms with Gasteiger partial charge in [0.15, 0.2) is 0 Å². The molecule has 1 saturated carbocycles. The molecule has 7 heteroatoms. The number of carbonyl (C=O) groups excluding carboxylic acids is 2. The first kappa shape index (κ1) is 20.9. The summed E-state index contributed by atoms with van der Waals surface area (Å²) in [5.41, 5.74) is 0.794. The van der Waals surface area contributed by atoms with Gasteiger partial charge in [-0.15, -0.1) is 0 Å². The van der Waals surface area contributed by atoms with E-state index in [-0.39, 0.29) is 18.0 Å². The van der Waals surface area contributed by atoms with Crippen molar-refractivity contribution in [2.75, 3.05) is 19.0 Å². The van der Waals surface area contributed by atoms with Crippen molar-refractivity contribution in [1.29, 1.82) is 0 Å². The van der Waals surface area contributed by atoms with Gasteiger partial charge >= 0.3 is 0 Å². The number of rotatable bonds is 5. The number of piperidine rings is 1. The van der Waals surface area contributed by atoms with Gasteiger partial charge in [0.25, 0.3) is 5.91 Å². The lowest BCUT2D eigenvalue weighted by molar-refractivity contribution is -0.114. The summed E-state index contributed by atoms with van der Waals surface area (Å²) in [5, 5.41) is 6.07. The van der Waals surface area contributed by atoms with Crippen LogP contribution in [-0.2, 0) is 4.79 Å². The highest BCUT2D eigenvalue weighted by molar-refractivity contribution is 6.34. The van der Waals surface area contributed by atoms with E-state index in [9.17, 15) is 9.59 Å². The van der Waals surface area contributed by atoms with Crippen LogP contribution < -0.4 is 15.4 Å². The second-order valence-electron chi connectivity index (χ2n) is 7.85. The van der Waals surface area contributed by atoms with E-state index in [2.05, 4.69) is 22.5 Å². The van der Waals surface area contributed by atoms with Gasteiger partial charge in [-0.3, -0.25) is 14.5 Å². The van der Waals surface area contributed by atoms with E-state index in [1.165, 1.54) is 52.6 Å². The molecule has 0 radical (unpaired) electrons. The van der Waals surface area contributed by atoms with Crippen LogP contribution >= 0.6 is 11.6 Å². The molecule has 1 aromatic rings. The zero-order chi connectivity index (χ0) is 20.3. The largest absolute Gasteiger partial charge is 0.496 e. The number of nitrogens with one attached hydrogen (secondary N) is 2. The summed E-state index contributed by atoms with van der Waals surface area (Å²) >= 11 is 6.26. The van der Waals surface area contributed by atoms with Crippen LogP contribution in [0.25, 0.3) is 0 Å². The molecule has 2 aliphatic rings. The fourth-order valence-electron chi connectivity index (χ4n) is 4.68. The number of halogens is 1. The minimum absolute atomic E-state index is 0.0584. The Morgan fingerprint density at radius 1 is 1.21 bits per heavy atom. The first-order valence-electron chi connectivity index (χ1n) is 10.1. The molecule has 6 nitrogen and oxygen atoms in total. The first-order chi connectivity index (χ1) is 13.4. The molecule has 2 fully saturated rings. The fraction of sp³-hybridized carbons (Fsp3) is 0.619. The van der Waals surface area contributed by atoms with Crippen molar-refractivity contribution < 1.29 is 14.3 Å². The van der Waals surface area contributed by atoms with Gasteiger partial charge in [0.05, 0.1) is 29.5 Å². The molecular weight excluding hydrogens is 378 g/mol. The summed E-state index contributed by atoms with van der Waals surface area (Å²) in [6, 6.07) is 3.69. The van der Waals surface area contributed by atoms with E-state index in [0.717, 1.165) is 12.5 Å². The van der Waals surface area contributed by atoms with E-state index in [4.69, 9.17) is 16.3 Å². The Bertz CT molecular complexity index is 738. The van der Waals surface area contributed by atoms with Crippen molar-refractivity contribution >= 4 is 29.1 Å². The van der Waals surface area contributed by atoms with Crippen molar-refractivity contribution in [2.45, 2.75) is 64.6 Å². The molecule has 3 rings (SSSR count). The van der Waals surface area contributed by atoms with Crippen LogP contribution in [0.1, 0.15) is 62.7 Å². The number of benzene rings is 1. The van der Waals surface area contributed by atoms with E-state index >= 15 is 0 Å². The standard InChI is InChI=1S/C21H30ClN3O3/c1-13(25-10-6-8-15-7-4-5-9-19(15)25)23-21(27)16-11-17(22)18(24-14(2)26)12-20(16)28-3/h11-13,15,19H,4-10H2,1-3H3,(H,23,27)(H,24,26)/t13?,15-,19+/m1/s1. The predicted molar refractivity (Wildman–Crippen MR) is 111 cm³/mol. The molecule has 0 aromatic heterocycles. The second kappa shape index (κ2) is 9.14. The van der Waals surface area contributed by atoms with Crippen LogP contribution in [0.4, 0.5) is 5.69 Å². The molecule has 1 aliphatic heterocycles. The highest BCUT2D eigenvalue weighted by atomic mass is 35.5. The average molecular weight is 408 g/mol. The van der Waals surface area contributed by atoms with Crippen molar-refractivity contribution in [1.82, 2.24) is 10.2 Å². The molecule has 2 amide bonds. The maximum atomic E-state index is 13.0. The van der Waals surface area contributed by atoms with Crippen LogP contribution in [0, 0.1) is 5.92 Å². The van der Waals surface area contributed by atoms with E-state index in [0.29, 0.717) is 28.1 Å². The van der Waals surface area contributed by atoms with E-state index < -0.39 is 0 Å². The van der Waals surface area contributed by atoms with Gasteiger partial charge in [-0.05, 0) is 44.6 Å². The van der Waals surface area contributed by atoms with Crippen molar-refractivity contribution in [3.05, 3.63) is 22.7 Å². The van der Waals surface area contributed by atoms with Crippen molar-refractivity contribution in [2.24, 2.45) is 5.92 Å². The number of likely N-dealkylation sites (tertiary alicyclic amines) is 1. The summed E-state index contributed by atoms with van der Waals surface area (Å²) in [7, 11) is 1.50. The Kier molecular flexibility index (Phi) is 6.83. The normalized spacial score (nSPS) is 23.4. The molecule has 1 saturated heterocycles. The molecule has 1 aliphatic carbocycles. The number of methoxy groups -OCH3 is 1. The molecule has 154 valence electrons. The molecule has 0 bridgehead atoms. The van der Waals surface area contributed by atoms with Crippen molar-refractivity contribution in [3.63, 3.8) is 0 Å². The first-order valence-corrected chi connectivity index (χ1v) is 10.5. The Morgan fingerprint density at radius 2 is 1.93 bits per heavy atom. The van der Waals surface area contributed by atoms with Gasteiger partial charge in [0.1, 0.15) is 5.75 Å². The number of nitrogens with zero attached hydrogens (tertiary/aromatic N) is 1. The van der Waals surface area contributed by atoms with Crippen LogP contribution in [-0.4, -0.2) is 42.6 Å². The third kappa shape index (κ3) is 4.61. The Morgan fingerprint density at radius 3 is 2.64 bits per heavy atom. The maximum Gasteiger partial charge on any atom is 0.256 e. The smallest absolute Gasteiger partial charge is 0.256 e. The lowest BCUT2D eigenvalue weighted by Crippen LogP contribution is -2.56. The third-order valence-electron chi connectivity index (χ3n) is 5.97. The molecule has 2 N–H and O–H groups in total. The molecule has 0 spiro atoms. The summed E-state index contributed by atoms with van der Waals surface area (Å²) in [6.07, 6.45) is 7.54. The zero-order valence-corrected chi connectivity index (χ0v) is 17.6. The fourth-order valence-corrected chi connectivity index (χ4v) is 4.89. The van der Waals surface area contributed by atoms with E-state index in [1.54, 1.807) is 12.1 Å². The van der Waals surface area contributed by atoms with Gasteiger partial charge in [-0.2, -0.15) is 0 Å². The maximum absolute atomic E-state index is 13.0. The van der Waals surface area contributed by atoms with Crippen LogP contribution in [0.3, 0.4) is 0 Å². The highest BCUT2D eigenvalue weighted by Gasteiger charge is 2.36. The topological polar surface area (TPSA) is 70.7 Å². The number of ether oxygens (including phenoxy) is 1. The number of hydrogen-bond acceptors (Lipinski definition) is 4. The number of anilines is 1. The minimum Gasteiger partial charge on any atom is -0.496 e. The lowest BCUT2D eigenvalue weighted by Gasteiger charge is -2.46. The van der Waals surface area contributed by atoms with Crippen molar-refractivity contribution in [3.8, 4) is 5.75 Å². The second-order valence-corrected chi connectivity index (χ2v) is 8.26. The lowest BCUT2D eigenvalue weighted by atomic mass is 9.78. The summed E-state index contributed by atoms with van der Waals surface area (Å²) < 4.78 is 5.37. The molecule has 1 unspecified atom stereocenters. The zero-order valence-electron chi connectivity index (χ0n) is 16.9. The number of fused-ring (bicyclic) bond motifs is 1.